The molecule has 0 radical (unpaired) electrons. The molecule has 0 amide bonds. The van der Waals surface area contributed by atoms with Crippen molar-refractivity contribution in [3.8, 4) is 0 Å². The SMILES string of the molecule is Cc1ccc2c3ccc([Si](C(C)C)(C(C)C)C(C)C)cc3n(C(=O)OC(C)(C)C)c2c1. The van der Waals surface area contributed by atoms with Gasteiger partial charge in [0.1, 0.15) is 5.60 Å². The van der Waals surface area contributed by atoms with E-state index in [1.165, 1.54) is 5.19 Å². The lowest BCUT2D eigenvalue weighted by Gasteiger charge is -2.43. The Morgan fingerprint density at radius 2 is 1.32 bits per heavy atom. The molecule has 3 nitrogen and oxygen atoms in total. The first-order valence-corrected chi connectivity index (χ1v) is 13.8. The van der Waals surface area contributed by atoms with Crippen molar-refractivity contribution in [1.29, 1.82) is 0 Å². The lowest BCUT2D eigenvalue weighted by molar-refractivity contribution is 0.0551. The van der Waals surface area contributed by atoms with E-state index in [-0.39, 0.29) is 6.09 Å². The fourth-order valence-electron chi connectivity index (χ4n) is 5.90. The molecule has 0 aliphatic heterocycles. The van der Waals surface area contributed by atoms with E-state index < -0.39 is 13.7 Å². The van der Waals surface area contributed by atoms with Gasteiger partial charge >= 0.3 is 6.09 Å². The summed E-state index contributed by atoms with van der Waals surface area (Å²) >= 11 is 0. The highest BCUT2D eigenvalue weighted by atomic mass is 28.3. The summed E-state index contributed by atoms with van der Waals surface area (Å²) in [5, 5.41) is 3.65. The third kappa shape index (κ3) is 3.95. The number of ether oxygens (including phenoxy) is 1. The fourth-order valence-corrected chi connectivity index (χ4v) is 12.7. The number of aryl methyl sites for hydroxylation is 1. The molecule has 4 heteroatoms. The van der Waals surface area contributed by atoms with Gasteiger partial charge in [0.15, 0.2) is 0 Å². The van der Waals surface area contributed by atoms with E-state index in [0.717, 1.165) is 27.4 Å². The Kier molecular flexibility index (Phi) is 6.18. The predicted molar refractivity (Wildman–Crippen MR) is 136 cm³/mol. The highest BCUT2D eigenvalue weighted by molar-refractivity contribution is 6.95. The summed E-state index contributed by atoms with van der Waals surface area (Å²) in [6, 6.07) is 13.2. The van der Waals surface area contributed by atoms with Gasteiger partial charge in [-0.05, 0) is 62.0 Å². The standard InChI is InChI=1S/C27H39NO2Si/c1-17(2)31(18(3)4,19(5)6)21-12-14-23-22-13-11-20(7)15-24(22)28(25(23)16-21)26(29)30-27(8,9)10/h11-19H,1-10H3. The van der Waals surface area contributed by atoms with Crippen molar-refractivity contribution in [3.63, 3.8) is 0 Å². The van der Waals surface area contributed by atoms with Crippen molar-refractivity contribution in [2.75, 3.05) is 0 Å². The number of nitrogens with zero attached hydrogens (tertiary/aromatic N) is 1. The minimum absolute atomic E-state index is 0.304. The van der Waals surface area contributed by atoms with Crippen molar-refractivity contribution >= 4 is 41.2 Å². The van der Waals surface area contributed by atoms with E-state index in [1.54, 1.807) is 4.57 Å². The molecule has 0 spiro atoms. The first-order valence-electron chi connectivity index (χ1n) is 11.6. The zero-order chi connectivity index (χ0) is 23.3. The molecule has 0 aliphatic rings. The average molecular weight is 438 g/mol. The number of fused-ring (bicyclic) bond motifs is 3. The summed E-state index contributed by atoms with van der Waals surface area (Å²) in [5.74, 6) is 0. The number of hydrogen-bond donors (Lipinski definition) is 0. The van der Waals surface area contributed by atoms with Gasteiger partial charge in [0.05, 0.1) is 19.1 Å². The van der Waals surface area contributed by atoms with Crippen LogP contribution in [0.2, 0.25) is 16.6 Å². The van der Waals surface area contributed by atoms with Gasteiger partial charge in [0.2, 0.25) is 0 Å². The van der Waals surface area contributed by atoms with Crippen LogP contribution >= 0.6 is 0 Å². The van der Waals surface area contributed by atoms with Crippen LogP contribution in [0.25, 0.3) is 21.8 Å². The maximum atomic E-state index is 13.4. The molecule has 3 rings (SSSR count). The molecule has 1 heterocycles. The maximum Gasteiger partial charge on any atom is 0.419 e. The van der Waals surface area contributed by atoms with Crippen LogP contribution in [-0.2, 0) is 4.74 Å². The Morgan fingerprint density at radius 1 is 0.839 bits per heavy atom. The number of aromatic nitrogens is 1. The van der Waals surface area contributed by atoms with Crippen LogP contribution in [0.5, 0.6) is 0 Å². The molecule has 0 N–H and O–H groups in total. The van der Waals surface area contributed by atoms with Crippen molar-refractivity contribution in [2.45, 2.75) is 91.5 Å². The van der Waals surface area contributed by atoms with Gasteiger partial charge in [-0.1, -0.05) is 71.0 Å². The van der Waals surface area contributed by atoms with Crippen LogP contribution in [0.15, 0.2) is 36.4 Å². The fraction of sp³-hybridized carbons (Fsp3) is 0.519. The molecule has 31 heavy (non-hydrogen) atoms. The number of rotatable bonds is 4. The summed E-state index contributed by atoms with van der Waals surface area (Å²) in [6.45, 7) is 22.1. The highest BCUT2D eigenvalue weighted by Gasteiger charge is 2.44. The van der Waals surface area contributed by atoms with Crippen LogP contribution < -0.4 is 5.19 Å². The Morgan fingerprint density at radius 3 is 1.81 bits per heavy atom. The second-order valence-electron chi connectivity index (χ2n) is 11.0. The summed E-state index contributed by atoms with van der Waals surface area (Å²) in [5.41, 5.74) is 4.28. The Labute approximate surface area is 188 Å². The van der Waals surface area contributed by atoms with Crippen LogP contribution in [-0.4, -0.2) is 24.3 Å². The quantitative estimate of drug-likeness (QED) is 0.390. The second kappa shape index (κ2) is 8.12. The molecule has 3 aromatic rings. The zero-order valence-electron chi connectivity index (χ0n) is 21.0. The first kappa shape index (κ1) is 23.6. The Balaban J connectivity index is 2.40. The normalized spacial score (nSPS) is 13.2. The largest absolute Gasteiger partial charge is 0.443 e. The Bertz CT molecular complexity index is 1090. The summed E-state index contributed by atoms with van der Waals surface area (Å²) in [7, 11) is -1.85. The molecule has 0 atom stereocenters. The number of carbonyl (C=O) groups excluding carboxylic acids is 1. The van der Waals surface area contributed by atoms with Gasteiger partial charge < -0.3 is 4.74 Å². The van der Waals surface area contributed by atoms with Crippen LogP contribution in [0.4, 0.5) is 4.79 Å². The summed E-state index contributed by atoms with van der Waals surface area (Å²) in [4.78, 5) is 13.4. The maximum absolute atomic E-state index is 13.4. The predicted octanol–water partition coefficient (Wildman–Crippen LogP) is 7.77. The van der Waals surface area contributed by atoms with Crippen LogP contribution in [0.1, 0.15) is 67.9 Å². The lowest BCUT2D eigenvalue weighted by atomic mass is 10.1. The third-order valence-electron chi connectivity index (χ3n) is 6.87. The minimum atomic E-state index is -1.85. The van der Waals surface area contributed by atoms with Gasteiger partial charge in [-0.3, -0.25) is 0 Å². The third-order valence-corrected chi connectivity index (χ3v) is 13.9. The Hall–Kier alpha value is -2.07. The molecule has 0 fully saturated rings. The van der Waals surface area contributed by atoms with E-state index in [2.05, 4.69) is 84.9 Å². The van der Waals surface area contributed by atoms with Gasteiger partial charge in [0, 0.05) is 10.8 Å². The lowest BCUT2D eigenvalue weighted by Crippen LogP contribution is -2.55. The number of hydrogen-bond acceptors (Lipinski definition) is 2. The van der Waals surface area contributed by atoms with E-state index in [0.29, 0.717) is 16.6 Å². The molecule has 0 saturated heterocycles. The van der Waals surface area contributed by atoms with Gasteiger partial charge in [-0.25, -0.2) is 9.36 Å². The van der Waals surface area contributed by atoms with Crippen molar-refractivity contribution in [2.24, 2.45) is 0 Å². The molecule has 0 bridgehead atoms. The van der Waals surface area contributed by atoms with E-state index in [9.17, 15) is 4.79 Å². The van der Waals surface area contributed by atoms with E-state index >= 15 is 0 Å². The average Bonchev–Trinajstić information content (AvgIpc) is 2.92. The topological polar surface area (TPSA) is 31.2 Å². The molecule has 0 aliphatic carbocycles. The van der Waals surface area contributed by atoms with Crippen LogP contribution in [0.3, 0.4) is 0 Å². The van der Waals surface area contributed by atoms with E-state index in [4.69, 9.17) is 4.74 Å². The molecular weight excluding hydrogens is 398 g/mol. The second-order valence-corrected chi connectivity index (χ2v) is 16.9. The molecule has 0 unspecified atom stereocenters. The summed E-state index contributed by atoms with van der Waals surface area (Å²) < 4.78 is 7.64. The number of carbonyl (C=O) groups is 1. The van der Waals surface area contributed by atoms with Crippen LogP contribution in [0, 0.1) is 6.92 Å². The molecule has 1 aromatic heterocycles. The van der Waals surface area contributed by atoms with Gasteiger partial charge in [-0.15, -0.1) is 0 Å². The van der Waals surface area contributed by atoms with Gasteiger partial charge in [-0.2, -0.15) is 0 Å². The minimum Gasteiger partial charge on any atom is -0.443 e. The summed E-state index contributed by atoms with van der Waals surface area (Å²) in [6.07, 6.45) is -0.304. The smallest absolute Gasteiger partial charge is 0.419 e. The molecule has 168 valence electrons. The molecule has 2 aromatic carbocycles. The van der Waals surface area contributed by atoms with E-state index in [1.807, 2.05) is 20.8 Å². The monoisotopic (exact) mass is 437 g/mol. The zero-order valence-corrected chi connectivity index (χ0v) is 22.0. The first-order chi connectivity index (χ1) is 14.3. The highest BCUT2D eigenvalue weighted by Crippen LogP contribution is 2.42. The van der Waals surface area contributed by atoms with Crippen molar-refractivity contribution < 1.29 is 9.53 Å². The molecular formula is C27H39NO2Si. The van der Waals surface area contributed by atoms with Crippen molar-refractivity contribution in [3.05, 3.63) is 42.0 Å². The number of benzene rings is 2. The van der Waals surface area contributed by atoms with Gasteiger partial charge in [0.25, 0.3) is 0 Å². The van der Waals surface area contributed by atoms with Crippen molar-refractivity contribution in [1.82, 2.24) is 4.57 Å². The molecule has 0 saturated carbocycles.